The van der Waals surface area contributed by atoms with E-state index in [9.17, 15) is 13.2 Å². The number of carbonyl (C=O) groups is 1. The molecule has 1 aromatic carbocycles. The van der Waals surface area contributed by atoms with Crippen molar-refractivity contribution in [3.8, 4) is 11.3 Å². The maximum absolute atomic E-state index is 12.7. The number of nitrogens with zero attached hydrogens (tertiary/aromatic N) is 1. The average Bonchev–Trinajstić information content (AvgIpc) is 3.24. The number of ketones is 1. The first kappa shape index (κ1) is 18.4. The summed E-state index contributed by atoms with van der Waals surface area (Å²) in [6.45, 7) is 4.04. The summed E-state index contributed by atoms with van der Waals surface area (Å²) in [6.07, 6.45) is 3.67. The molecule has 0 amide bonds. The predicted octanol–water partition coefficient (Wildman–Crippen LogP) is 3.16. The summed E-state index contributed by atoms with van der Waals surface area (Å²) < 4.78 is 33.7. The van der Waals surface area contributed by atoms with Gasteiger partial charge in [-0.2, -0.15) is 0 Å². The largest absolute Gasteiger partial charge is 0.439 e. The van der Waals surface area contributed by atoms with Crippen LogP contribution < -0.4 is 4.72 Å². The molecule has 0 spiro atoms. The van der Waals surface area contributed by atoms with Gasteiger partial charge >= 0.3 is 0 Å². The third-order valence-corrected chi connectivity index (χ3v) is 8.09. The van der Waals surface area contributed by atoms with E-state index in [0.29, 0.717) is 30.4 Å². The van der Waals surface area contributed by atoms with Gasteiger partial charge in [-0.25, -0.2) is 18.1 Å². The minimum atomic E-state index is -3.64. The molecular formula is C20H24N2O4S. The number of carbonyl (C=O) groups excluding carboxylic acids is 1. The zero-order valence-corrected chi connectivity index (χ0v) is 16.4. The average molecular weight is 388 g/mol. The minimum absolute atomic E-state index is 0.0245. The Bertz CT molecular complexity index is 965. The van der Waals surface area contributed by atoms with Crippen LogP contribution in [0.25, 0.3) is 11.3 Å². The molecule has 2 aliphatic rings. The smallest absolute Gasteiger partial charge is 0.213 e. The van der Waals surface area contributed by atoms with E-state index in [1.54, 1.807) is 6.20 Å². The second-order valence-electron chi connectivity index (χ2n) is 8.23. The highest BCUT2D eigenvalue weighted by molar-refractivity contribution is 7.89. The first-order valence-electron chi connectivity index (χ1n) is 9.24. The Kier molecular flexibility index (Phi) is 4.27. The summed E-state index contributed by atoms with van der Waals surface area (Å²) in [5.74, 6) is 1.12. The molecule has 2 aromatic rings. The molecule has 4 rings (SSSR count). The molecule has 2 atom stereocenters. The summed E-state index contributed by atoms with van der Waals surface area (Å²) in [7, 11) is -3.64. The first-order chi connectivity index (χ1) is 12.7. The lowest BCUT2D eigenvalue weighted by molar-refractivity contribution is -0.128. The van der Waals surface area contributed by atoms with Crippen molar-refractivity contribution in [2.24, 2.45) is 16.7 Å². The summed E-state index contributed by atoms with van der Waals surface area (Å²) in [6, 6.07) is 9.51. The molecule has 2 fully saturated rings. The van der Waals surface area contributed by atoms with Gasteiger partial charge in [0.1, 0.15) is 5.78 Å². The van der Waals surface area contributed by atoms with Crippen LogP contribution in [-0.2, 0) is 21.4 Å². The second kappa shape index (κ2) is 6.27. The SMILES string of the molecule is CC1(C)[C@H]2CC[C@@]1(CS(=O)(=O)NCc1ncc(-c3ccccc3)o1)C(=O)C2. The number of hydrogen-bond acceptors (Lipinski definition) is 5. The molecule has 2 bridgehead atoms. The van der Waals surface area contributed by atoms with E-state index in [2.05, 4.69) is 9.71 Å². The van der Waals surface area contributed by atoms with E-state index in [4.69, 9.17) is 4.42 Å². The van der Waals surface area contributed by atoms with Crippen molar-refractivity contribution < 1.29 is 17.6 Å². The van der Waals surface area contributed by atoms with Crippen LogP contribution in [0.1, 0.15) is 39.0 Å². The lowest BCUT2D eigenvalue weighted by Gasteiger charge is -2.36. The highest BCUT2D eigenvalue weighted by atomic mass is 32.2. The summed E-state index contributed by atoms with van der Waals surface area (Å²) in [4.78, 5) is 16.7. The summed E-state index contributed by atoms with van der Waals surface area (Å²) in [5, 5.41) is 0. The molecule has 1 aromatic heterocycles. The number of Topliss-reactive ketones (excluding diaryl/α,β-unsaturated/α-hetero) is 1. The molecule has 144 valence electrons. The number of benzene rings is 1. The normalized spacial score (nSPS) is 26.6. The van der Waals surface area contributed by atoms with Crippen LogP contribution in [-0.4, -0.2) is 24.9 Å². The Morgan fingerprint density at radius 3 is 2.63 bits per heavy atom. The van der Waals surface area contributed by atoms with E-state index in [1.807, 2.05) is 44.2 Å². The Labute approximate surface area is 159 Å². The van der Waals surface area contributed by atoms with Crippen molar-refractivity contribution in [3.63, 3.8) is 0 Å². The molecule has 27 heavy (non-hydrogen) atoms. The van der Waals surface area contributed by atoms with E-state index < -0.39 is 15.4 Å². The number of hydrogen-bond donors (Lipinski definition) is 1. The van der Waals surface area contributed by atoms with Gasteiger partial charge in [-0.05, 0) is 24.2 Å². The molecule has 6 nitrogen and oxygen atoms in total. The maximum Gasteiger partial charge on any atom is 0.213 e. The first-order valence-corrected chi connectivity index (χ1v) is 10.9. The van der Waals surface area contributed by atoms with Crippen molar-refractivity contribution in [2.45, 2.75) is 39.7 Å². The molecule has 0 saturated heterocycles. The number of aromatic nitrogens is 1. The molecule has 0 unspecified atom stereocenters. The molecule has 1 N–H and O–H groups in total. The van der Waals surface area contributed by atoms with Crippen LogP contribution in [0.15, 0.2) is 40.9 Å². The van der Waals surface area contributed by atoms with Crippen molar-refractivity contribution in [1.29, 1.82) is 0 Å². The van der Waals surface area contributed by atoms with Gasteiger partial charge in [0.2, 0.25) is 15.9 Å². The molecule has 0 radical (unpaired) electrons. The molecule has 2 saturated carbocycles. The third kappa shape index (κ3) is 3.02. The highest BCUT2D eigenvalue weighted by Crippen LogP contribution is 2.64. The van der Waals surface area contributed by atoms with Gasteiger partial charge in [0.05, 0.1) is 18.5 Å². The van der Waals surface area contributed by atoms with Crippen LogP contribution in [0.5, 0.6) is 0 Å². The molecule has 0 aliphatic heterocycles. The fraction of sp³-hybridized carbons (Fsp3) is 0.500. The van der Waals surface area contributed by atoms with Gasteiger partial charge in [-0.1, -0.05) is 44.2 Å². The third-order valence-electron chi connectivity index (χ3n) is 6.63. The number of nitrogens with one attached hydrogen (secondary N) is 1. The quantitative estimate of drug-likeness (QED) is 0.821. The van der Waals surface area contributed by atoms with Crippen LogP contribution in [0.4, 0.5) is 0 Å². The zero-order chi connectivity index (χ0) is 19.3. The molecule has 2 aliphatic carbocycles. The highest BCUT2D eigenvalue weighted by Gasteiger charge is 2.65. The van der Waals surface area contributed by atoms with Gasteiger partial charge in [0.15, 0.2) is 5.76 Å². The zero-order valence-electron chi connectivity index (χ0n) is 15.6. The van der Waals surface area contributed by atoms with E-state index in [-0.39, 0.29) is 23.5 Å². The second-order valence-corrected chi connectivity index (χ2v) is 10.0. The molecule has 7 heteroatoms. The van der Waals surface area contributed by atoms with Crippen molar-refractivity contribution in [2.75, 3.05) is 5.75 Å². The molecular weight excluding hydrogens is 364 g/mol. The van der Waals surface area contributed by atoms with Gasteiger partial charge in [0.25, 0.3) is 0 Å². The number of sulfonamides is 1. The van der Waals surface area contributed by atoms with Crippen LogP contribution in [0.2, 0.25) is 0 Å². The maximum atomic E-state index is 12.7. The number of rotatable bonds is 6. The fourth-order valence-corrected chi connectivity index (χ4v) is 6.55. The summed E-state index contributed by atoms with van der Waals surface area (Å²) in [5.41, 5.74) is -0.161. The van der Waals surface area contributed by atoms with Gasteiger partial charge in [0, 0.05) is 17.4 Å². The molecule has 1 heterocycles. The minimum Gasteiger partial charge on any atom is -0.439 e. The Morgan fingerprint density at radius 2 is 2.00 bits per heavy atom. The van der Waals surface area contributed by atoms with Crippen molar-refractivity contribution in [3.05, 3.63) is 42.4 Å². The number of oxazole rings is 1. The Morgan fingerprint density at radius 1 is 1.26 bits per heavy atom. The number of fused-ring (bicyclic) bond motifs is 2. The van der Waals surface area contributed by atoms with Gasteiger partial charge in [-0.3, -0.25) is 4.79 Å². The van der Waals surface area contributed by atoms with Crippen LogP contribution >= 0.6 is 0 Å². The standard InChI is InChI=1S/C20H24N2O4S/c1-19(2)15-8-9-20(19,17(23)10-15)13-27(24,25)22-12-18-21-11-16(26-18)14-6-4-3-5-7-14/h3-7,11,15,22H,8-10,12-13H2,1-2H3/t15-,20+/m0/s1. The van der Waals surface area contributed by atoms with Gasteiger partial charge < -0.3 is 4.42 Å². The Hall–Kier alpha value is -1.99. The van der Waals surface area contributed by atoms with Gasteiger partial charge in [-0.15, -0.1) is 0 Å². The van der Waals surface area contributed by atoms with E-state index in [0.717, 1.165) is 12.0 Å². The van der Waals surface area contributed by atoms with Crippen LogP contribution in [0, 0.1) is 16.7 Å². The van der Waals surface area contributed by atoms with E-state index in [1.165, 1.54) is 0 Å². The fourth-order valence-electron chi connectivity index (χ4n) is 4.78. The summed E-state index contributed by atoms with van der Waals surface area (Å²) >= 11 is 0. The van der Waals surface area contributed by atoms with Crippen LogP contribution in [0.3, 0.4) is 0 Å². The lowest BCUT2D eigenvalue weighted by Crippen LogP contribution is -2.45. The lowest BCUT2D eigenvalue weighted by atomic mass is 9.70. The van der Waals surface area contributed by atoms with Crippen molar-refractivity contribution >= 4 is 15.8 Å². The topological polar surface area (TPSA) is 89.3 Å². The van der Waals surface area contributed by atoms with E-state index >= 15 is 0 Å². The predicted molar refractivity (Wildman–Crippen MR) is 101 cm³/mol. The van der Waals surface area contributed by atoms with Crippen molar-refractivity contribution in [1.82, 2.24) is 9.71 Å². The Balaban J connectivity index is 1.46. The monoisotopic (exact) mass is 388 g/mol.